The molecule has 1 aliphatic rings. The van der Waals surface area contributed by atoms with Gasteiger partial charge in [0.1, 0.15) is 0 Å². The van der Waals surface area contributed by atoms with Gasteiger partial charge in [0.05, 0.1) is 18.7 Å². The number of amides is 1. The lowest BCUT2D eigenvalue weighted by atomic mass is 9.95. The second-order valence-corrected chi connectivity index (χ2v) is 6.55. The van der Waals surface area contributed by atoms with Crippen LogP contribution >= 0.6 is 0 Å². The summed E-state index contributed by atoms with van der Waals surface area (Å²) in [5.74, 6) is 0.293. The number of carbonyl (C=O) groups excluding carboxylic acids is 1. The van der Waals surface area contributed by atoms with Crippen molar-refractivity contribution in [2.75, 3.05) is 19.6 Å². The second kappa shape index (κ2) is 6.35. The van der Waals surface area contributed by atoms with Gasteiger partial charge in [0.15, 0.2) is 0 Å². The Morgan fingerprint density at radius 1 is 1.40 bits per heavy atom. The van der Waals surface area contributed by atoms with Crippen LogP contribution in [0.15, 0.2) is 12.4 Å². The van der Waals surface area contributed by atoms with Crippen LogP contribution in [0.4, 0.5) is 0 Å². The number of aromatic nitrogens is 3. The summed E-state index contributed by atoms with van der Waals surface area (Å²) in [4.78, 5) is 14.6. The van der Waals surface area contributed by atoms with Gasteiger partial charge in [0, 0.05) is 24.8 Å². The number of likely N-dealkylation sites (tertiary alicyclic amines) is 1. The van der Waals surface area contributed by atoms with Crippen LogP contribution in [0.1, 0.15) is 33.6 Å². The monoisotopic (exact) mass is 279 g/mol. The molecule has 2 rings (SSSR count). The van der Waals surface area contributed by atoms with Crippen LogP contribution in [0.25, 0.3) is 0 Å². The number of nitrogens with zero attached hydrogens (tertiary/aromatic N) is 4. The van der Waals surface area contributed by atoms with E-state index in [-0.39, 0.29) is 17.4 Å². The predicted octanol–water partition coefficient (Wildman–Crippen LogP) is 0.905. The highest BCUT2D eigenvalue weighted by atomic mass is 16.2. The zero-order chi connectivity index (χ0) is 14.6. The summed E-state index contributed by atoms with van der Waals surface area (Å²) in [7, 11) is 0. The number of hydrogen-bond donors (Lipinski definition) is 1. The van der Waals surface area contributed by atoms with E-state index in [4.69, 9.17) is 0 Å². The van der Waals surface area contributed by atoms with Crippen LogP contribution in [0.3, 0.4) is 0 Å². The van der Waals surface area contributed by atoms with E-state index in [2.05, 4.69) is 20.5 Å². The first-order chi connectivity index (χ1) is 9.44. The molecule has 0 radical (unpaired) electrons. The average molecular weight is 279 g/mol. The van der Waals surface area contributed by atoms with Gasteiger partial charge in [-0.15, -0.1) is 5.10 Å². The lowest BCUT2D eigenvalue weighted by Gasteiger charge is -2.33. The van der Waals surface area contributed by atoms with Crippen molar-refractivity contribution in [3.8, 4) is 0 Å². The molecule has 0 spiro atoms. The Kier molecular flexibility index (Phi) is 4.75. The molecule has 0 aliphatic carbocycles. The summed E-state index contributed by atoms with van der Waals surface area (Å²) in [5, 5.41) is 10.8. The smallest absolute Gasteiger partial charge is 0.224 e. The summed E-state index contributed by atoms with van der Waals surface area (Å²) in [6.07, 6.45) is 5.63. The Morgan fingerprint density at radius 2 is 2.20 bits per heavy atom. The van der Waals surface area contributed by atoms with E-state index < -0.39 is 0 Å². The highest BCUT2D eigenvalue weighted by Gasteiger charge is 2.27. The topological polar surface area (TPSA) is 63.1 Å². The third-order valence-corrected chi connectivity index (χ3v) is 3.49. The highest BCUT2D eigenvalue weighted by molar-refractivity contribution is 5.79. The first-order valence-corrected chi connectivity index (χ1v) is 7.32. The third-order valence-electron chi connectivity index (χ3n) is 3.49. The summed E-state index contributed by atoms with van der Waals surface area (Å²) in [6.45, 7) is 9.73. The Balaban J connectivity index is 1.80. The number of hydrogen-bond acceptors (Lipinski definition) is 4. The molecule has 1 saturated heterocycles. The SMILES string of the molecule is CC(C)(C)NC(=O)C1CCCN(CCn2ccnn2)C1. The van der Waals surface area contributed by atoms with Crippen LogP contribution < -0.4 is 5.32 Å². The predicted molar refractivity (Wildman–Crippen MR) is 77.1 cm³/mol. The zero-order valence-electron chi connectivity index (χ0n) is 12.7. The van der Waals surface area contributed by atoms with Crippen molar-refractivity contribution in [1.82, 2.24) is 25.2 Å². The molecule has 1 aliphatic heterocycles. The Labute approximate surface area is 120 Å². The highest BCUT2D eigenvalue weighted by Crippen LogP contribution is 2.17. The second-order valence-electron chi connectivity index (χ2n) is 6.55. The molecular formula is C14H25N5O. The Morgan fingerprint density at radius 3 is 2.85 bits per heavy atom. The number of carbonyl (C=O) groups is 1. The van der Waals surface area contributed by atoms with Crippen LogP contribution in [0.2, 0.25) is 0 Å². The van der Waals surface area contributed by atoms with Crippen molar-refractivity contribution in [1.29, 1.82) is 0 Å². The number of piperidine rings is 1. The molecule has 20 heavy (non-hydrogen) atoms. The molecule has 6 nitrogen and oxygen atoms in total. The maximum absolute atomic E-state index is 12.2. The molecular weight excluding hydrogens is 254 g/mol. The van der Waals surface area contributed by atoms with Crippen LogP contribution in [-0.2, 0) is 11.3 Å². The molecule has 2 heterocycles. The van der Waals surface area contributed by atoms with Crippen molar-refractivity contribution < 1.29 is 4.79 Å². The van der Waals surface area contributed by atoms with Crippen molar-refractivity contribution in [3.63, 3.8) is 0 Å². The molecule has 1 aromatic heterocycles. The van der Waals surface area contributed by atoms with Gasteiger partial charge < -0.3 is 10.2 Å². The van der Waals surface area contributed by atoms with Crippen LogP contribution in [0.5, 0.6) is 0 Å². The van der Waals surface area contributed by atoms with Crippen molar-refractivity contribution in [2.45, 2.75) is 45.7 Å². The summed E-state index contributed by atoms with van der Waals surface area (Å²) in [6, 6.07) is 0. The van der Waals surface area contributed by atoms with E-state index in [1.807, 2.05) is 31.6 Å². The molecule has 6 heteroatoms. The summed E-state index contributed by atoms with van der Waals surface area (Å²) < 4.78 is 1.83. The molecule has 1 unspecified atom stereocenters. The Bertz CT molecular complexity index is 423. The van der Waals surface area contributed by atoms with Gasteiger partial charge in [-0.3, -0.25) is 9.48 Å². The van der Waals surface area contributed by atoms with Crippen LogP contribution in [0, 0.1) is 5.92 Å². The summed E-state index contributed by atoms with van der Waals surface area (Å²) in [5.41, 5.74) is -0.153. The first-order valence-electron chi connectivity index (χ1n) is 7.32. The quantitative estimate of drug-likeness (QED) is 0.889. The molecule has 0 bridgehead atoms. The molecule has 1 fully saturated rings. The fraction of sp³-hybridized carbons (Fsp3) is 0.786. The maximum atomic E-state index is 12.2. The van der Waals surface area contributed by atoms with Gasteiger partial charge in [0.2, 0.25) is 5.91 Å². The molecule has 1 aromatic rings. The molecule has 112 valence electrons. The lowest BCUT2D eigenvalue weighted by Crippen LogP contribution is -2.49. The standard InChI is InChI=1S/C14H25N5O/c1-14(2,3)16-13(20)12-5-4-7-18(11-12)9-10-19-8-6-15-17-19/h6,8,12H,4-5,7,9-11H2,1-3H3,(H,16,20). The van der Waals surface area contributed by atoms with Crippen molar-refractivity contribution >= 4 is 5.91 Å². The lowest BCUT2D eigenvalue weighted by molar-refractivity contribution is -0.128. The number of rotatable bonds is 4. The van der Waals surface area contributed by atoms with Gasteiger partial charge in [-0.1, -0.05) is 5.21 Å². The van der Waals surface area contributed by atoms with Crippen molar-refractivity contribution in [2.24, 2.45) is 5.92 Å². The van der Waals surface area contributed by atoms with Crippen molar-refractivity contribution in [3.05, 3.63) is 12.4 Å². The van der Waals surface area contributed by atoms with Gasteiger partial charge in [-0.25, -0.2) is 0 Å². The minimum Gasteiger partial charge on any atom is -0.351 e. The maximum Gasteiger partial charge on any atom is 0.224 e. The van der Waals surface area contributed by atoms with Gasteiger partial charge >= 0.3 is 0 Å². The average Bonchev–Trinajstić information content (AvgIpc) is 2.88. The van der Waals surface area contributed by atoms with Gasteiger partial charge in [0.25, 0.3) is 0 Å². The summed E-state index contributed by atoms with van der Waals surface area (Å²) >= 11 is 0. The fourth-order valence-corrected chi connectivity index (χ4v) is 2.54. The molecule has 1 N–H and O–H groups in total. The largest absolute Gasteiger partial charge is 0.351 e. The third kappa shape index (κ3) is 4.59. The minimum atomic E-state index is -0.153. The van der Waals surface area contributed by atoms with E-state index in [0.717, 1.165) is 39.0 Å². The first kappa shape index (κ1) is 15.0. The Hall–Kier alpha value is -1.43. The zero-order valence-corrected chi connectivity index (χ0v) is 12.7. The fourth-order valence-electron chi connectivity index (χ4n) is 2.54. The van der Waals surface area contributed by atoms with E-state index >= 15 is 0 Å². The van der Waals surface area contributed by atoms with E-state index in [1.54, 1.807) is 6.20 Å². The molecule has 1 amide bonds. The van der Waals surface area contributed by atoms with Crippen LogP contribution in [-0.4, -0.2) is 51.0 Å². The van der Waals surface area contributed by atoms with Gasteiger partial charge in [-0.2, -0.15) is 0 Å². The van der Waals surface area contributed by atoms with E-state index in [0.29, 0.717) is 0 Å². The molecule has 1 atom stereocenters. The van der Waals surface area contributed by atoms with E-state index in [1.165, 1.54) is 0 Å². The van der Waals surface area contributed by atoms with E-state index in [9.17, 15) is 4.79 Å². The minimum absolute atomic E-state index is 0.110. The molecule has 0 saturated carbocycles. The normalized spacial score (nSPS) is 20.9. The number of nitrogens with one attached hydrogen (secondary N) is 1. The van der Waals surface area contributed by atoms with Gasteiger partial charge in [-0.05, 0) is 40.2 Å². The molecule has 0 aromatic carbocycles.